The number of carbonyl (C=O) groups is 1. The molecular weight excluding hydrogens is 220 g/mol. The molecule has 0 aliphatic heterocycles. The number of benzene rings is 1. The third kappa shape index (κ3) is 2.54. The van der Waals surface area contributed by atoms with Crippen LogP contribution in [0.1, 0.15) is 0 Å². The molecule has 0 aromatic heterocycles. The maximum Gasteiger partial charge on any atom is 0.311 e. The summed E-state index contributed by atoms with van der Waals surface area (Å²) in [6.07, 6.45) is 1.02. The number of hydrogen-bond acceptors (Lipinski definition) is 3. The van der Waals surface area contributed by atoms with Crippen LogP contribution in [0.5, 0.6) is 0 Å². The molecule has 1 aromatic carbocycles. The minimum Gasteiger partial charge on any atom is -0.317 e. The number of nitrogens with one attached hydrogen (secondary N) is 1. The lowest BCUT2D eigenvalue weighted by molar-refractivity contribution is -0.383. The van der Waals surface area contributed by atoms with Crippen molar-refractivity contribution >= 4 is 28.9 Å². The molecule has 0 saturated heterocycles. The Bertz CT molecular complexity index is 431. The van der Waals surface area contributed by atoms with Gasteiger partial charge >= 0.3 is 5.69 Å². The van der Waals surface area contributed by atoms with Crippen LogP contribution in [0.15, 0.2) is 30.9 Å². The quantitative estimate of drug-likeness (QED) is 0.489. The Morgan fingerprint density at radius 1 is 1.60 bits per heavy atom. The molecule has 0 fully saturated rings. The lowest BCUT2D eigenvalue weighted by Crippen LogP contribution is -2.09. The van der Waals surface area contributed by atoms with E-state index < -0.39 is 10.8 Å². The average Bonchev–Trinajstić information content (AvgIpc) is 2.17. The van der Waals surface area contributed by atoms with E-state index in [0.29, 0.717) is 0 Å². The van der Waals surface area contributed by atoms with Gasteiger partial charge < -0.3 is 5.32 Å². The summed E-state index contributed by atoms with van der Waals surface area (Å²) in [5.41, 5.74) is -0.272. The molecule has 0 aliphatic rings. The standard InChI is InChI=1S/C9H7ClN2O3/c1-2-8(13)11-7-5-3-4-6(10)9(7)12(14)15/h2-5H,1H2,(H,11,13). The number of rotatable bonds is 3. The lowest BCUT2D eigenvalue weighted by Gasteiger charge is -2.03. The highest BCUT2D eigenvalue weighted by atomic mass is 35.5. The van der Waals surface area contributed by atoms with E-state index >= 15 is 0 Å². The lowest BCUT2D eigenvalue weighted by atomic mass is 10.2. The Labute approximate surface area is 90.5 Å². The molecule has 5 nitrogen and oxygen atoms in total. The fourth-order valence-electron chi connectivity index (χ4n) is 0.986. The molecule has 1 rings (SSSR count). The van der Waals surface area contributed by atoms with Crippen molar-refractivity contribution in [3.63, 3.8) is 0 Å². The van der Waals surface area contributed by atoms with Gasteiger partial charge in [-0.25, -0.2) is 0 Å². The van der Waals surface area contributed by atoms with Crippen LogP contribution in [-0.4, -0.2) is 10.8 Å². The van der Waals surface area contributed by atoms with Gasteiger partial charge in [0.05, 0.1) is 4.92 Å². The molecule has 0 bridgehead atoms. The molecule has 0 radical (unpaired) electrons. The predicted octanol–water partition coefficient (Wildman–Crippen LogP) is 2.37. The third-order valence-electron chi connectivity index (χ3n) is 1.61. The number of para-hydroxylation sites is 1. The van der Waals surface area contributed by atoms with E-state index in [9.17, 15) is 14.9 Å². The van der Waals surface area contributed by atoms with Gasteiger partial charge in [-0.3, -0.25) is 14.9 Å². The van der Waals surface area contributed by atoms with Crippen molar-refractivity contribution in [3.05, 3.63) is 46.0 Å². The summed E-state index contributed by atoms with van der Waals surface area (Å²) in [5, 5.41) is 12.9. The summed E-state index contributed by atoms with van der Waals surface area (Å²) >= 11 is 5.63. The molecule has 0 atom stereocenters. The average molecular weight is 227 g/mol. The summed E-state index contributed by atoms with van der Waals surface area (Å²) in [5.74, 6) is -0.527. The zero-order chi connectivity index (χ0) is 11.4. The van der Waals surface area contributed by atoms with Crippen molar-refractivity contribution in [2.45, 2.75) is 0 Å². The van der Waals surface area contributed by atoms with E-state index in [4.69, 9.17) is 11.6 Å². The van der Waals surface area contributed by atoms with Crippen molar-refractivity contribution < 1.29 is 9.72 Å². The van der Waals surface area contributed by atoms with Gasteiger partial charge in [-0.2, -0.15) is 0 Å². The molecule has 0 unspecified atom stereocenters. The number of halogens is 1. The number of carbonyl (C=O) groups excluding carboxylic acids is 1. The topological polar surface area (TPSA) is 72.2 Å². The molecule has 0 saturated carbocycles. The van der Waals surface area contributed by atoms with Crippen LogP contribution in [0, 0.1) is 10.1 Å². The minimum absolute atomic E-state index is 0.0261. The molecule has 1 amide bonds. The van der Waals surface area contributed by atoms with E-state index in [0.717, 1.165) is 6.08 Å². The predicted molar refractivity (Wildman–Crippen MR) is 56.9 cm³/mol. The summed E-state index contributed by atoms with van der Waals surface area (Å²) < 4.78 is 0. The van der Waals surface area contributed by atoms with Gasteiger partial charge in [0.1, 0.15) is 10.7 Å². The van der Waals surface area contributed by atoms with Crippen molar-refractivity contribution in [1.29, 1.82) is 0 Å². The summed E-state index contributed by atoms with van der Waals surface area (Å²) in [7, 11) is 0. The Balaban J connectivity index is 3.17. The fraction of sp³-hybridized carbons (Fsp3) is 0. The molecule has 0 aliphatic carbocycles. The van der Waals surface area contributed by atoms with Crippen LogP contribution in [0.4, 0.5) is 11.4 Å². The van der Waals surface area contributed by atoms with Gasteiger partial charge in [-0.1, -0.05) is 24.2 Å². The van der Waals surface area contributed by atoms with E-state index in [-0.39, 0.29) is 16.4 Å². The first-order chi connectivity index (χ1) is 7.06. The molecule has 0 spiro atoms. The fourth-order valence-corrected chi connectivity index (χ4v) is 1.23. The zero-order valence-electron chi connectivity index (χ0n) is 7.57. The van der Waals surface area contributed by atoms with E-state index in [1.54, 1.807) is 0 Å². The van der Waals surface area contributed by atoms with Crippen molar-refractivity contribution in [2.24, 2.45) is 0 Å². The highest BCUT2D eigenvalue weighted by Crippen LogP contribution is 2.32. The second kappa shape index (κ2) is 4.56. The Morgan fingerprint density at radius 2 is 2.27 bits per heavy atom. The van der Waals surface area contributed by atoms with Gasteiger partial charge in [0.25, 0.3) is 0 Å². The zero-order valence-corrected chi connectivity index (χ0v) is 8.32. The highest BCUT2D eigenvalue weighted by Gasteiger charge is 2.18. The van der Waals surface area contributed by atoms with Crippen LogP contribution in [0.2, 0.25) is 5.02 Å². The normalized spacial score (nSPS) is 9.40. The van der Waals surface area contributed by atoms with Gasteiger partial charge in [0.2, 0.25) is 5.91 Å². The molecular formula is C9H7ClN2O3. The first-order valence-electron chi connectivity index (χ1n) is 3.92. The number of nitrogens with zero attached hydrogens (tertiary/aromatic N) is 1. The monoisotopic (exact) mass is 226 g/mol. The van der Waals surface area contributed by atoms with Crippen LogP contribution in [-0.2, 0) is 4.79 Å². The van der Waals surface area contributed by atoms with Crippen LogP contribution in [0.25, 0.3) is 0 Å². The van der Waals surface area contributed by atoms with Crippen LogP contribution >= 0.6 is 11.6 Å². The van der Waals surface area contributed by atoms with E-state index in [2.05, 4.69) is 11.9 Å². The Kier molecular flexibility index (Phi) is 3.41. The summed E-state index contributed by atoms with van der Waals surface area (Å²) in [6.45, 7) is 3.24. The second-order valence-electron chi connectivity index (χ2n) is 2.59. The Hall–Kier alpha value is -1.88. The van der Waals surface area contributed by atoms with Crippen molar-refractivity contribution in [2.75, 3.05) is 5.32 Å². The third-order valence-corrected chi connectivity index (χ3v) is 1.92. The SMILES string of the molecule is C=CC(=O)Nc1cccc(Cl)c1[N+](=O)[O-]. The molecule has 15 heavy (non-hydrogen) atoms. The number of nitro groups is 1. The van der Waals surface area contributed by atoms with Crippen LogP contribution < -0.4 is 5.32 Å². The maximum atomic E-state index is 11.0. The summed E-state index contributed by atoms with van der Waals surface area (Å²) in [4.78, 5) is 21.0. The number of nitro benzene ring substituents is 1. The number of amides is 1. The number of anilines is 1. The van der Waals surface area contributed by atoms with Gasteiger partial charge in [-0.15, -0.1) is 0 Å². The van der Waals surface area contributed by atoms with Gasteiger partial charge in [0.15, 0.2) is 0 Å². The smallest absolute Gasteiger partial charge is 0.311 e. The second-order valence-corrected chi connectivity index (χ2v) is 2.99. The van der Waals surface area contributed by atoms with Gasteiger partial charge in [-0.05, 0) is 18.2 Å². The Morgan fingerprint density at radius 3 is 2.80 bits per heavy atom. The first kappa shape index (κ1) is 11.2. The van der Waals surface area contributed by atoms with Crippen molar-refractivity contribution in [3.8, 4) is 0 Å². The molecule has 1 N–H and O–H groups in total. The highest BCUT2D eigenvalue weighted by molar-refractivity contribution is 6.33. The van der Waals surface area contributed by atoms with Crippen molar-refractivity contribution in [1.82, 2.24) is 0 Å². The minimum atomic E-state index is -0.652. The maximum absolute atomic E-state index is 11.0. The van der Waals surface area contributed by atoms with E-state index in [1.165, 1.54) is 18.2 Å². The molecule has 6 heteroatoms. The molecule has 78 valence electrons. The first-order valence-corrected chi connectivity index (χ1v) is 4.30. The largest absolute Gasteiger partial charge is 0.317 e. The number of hydrogen-bond donors (Lipinski definition) is 1. The summed E-state index contributed by atoms with van der Waals surface area (Å²) in [6, 6.07) is 4.28. The van der Waals surface area contributed by atoms with Gasteiger partial charge in [0, 0.05) is 0 Å². The molecule has 0 heterocycles. The molecule has 1 aromatic rings. The van der Waals surface area contributed by atoms with E-state index in [1.807, 2.05) is 0 Å². The van der Waals surface area contributed by atoms with Crippen LogP contribution in [0.3, 0.4) is 0 Å².